The molecular weight excluding hydrogens is 423 g/mol. The molecule has 0 aliphatic carbocycles. The van der Waals surface area contributed by atoms with Gasteiger partial charge in [-0.1, -0.05) is 24.3 Å². The Morgan fingerprint density at radius 1 is 1.00 bits per heavy atom. The number of ether oxygens (including phenoxy) is 1. The number of halogens is 3. The Hall–Kier alpha value is -3.39. The number of hydrogen-bond acceptors (Lipinski definition) is 5. The predicted molar refractivity (Wildman–Crippen MR) is 119 cm³/mol. The zero-order valence-electron chi connectivity index (χ0n) is 16.7. The molecule has 0 unspecified atom stereocenters. The smallest absolute Gasteiger partial charge is 0.406 e. The van der Waals surface area contributed by atoms with E-state index in [4.69, 9.17) is 0 Å². The molecule has 0 saturated heterocycles. The SMILES string of the molecule is Cc1cccc(C)c1N/N=C/c1ccc2sc(-c3ccc(OC(F)(F)F)cc3)nc2c1. The minimum Gasteiger partial charge on any atom is -0.406 e. The van der Waals surface area contributed by atoms with Crippen molar-refractivity contribution in [2.75, 3.05) is 5.43 Å². The van der Waals surface area contributed by atoms with Crippen LogP contribution in [0.4, 0.5) is 18.9 Å². The number of anilines is 1. The van der Waals surface area contributed by atoms with Crippen LogP contribution < -0.4 is 10.2 Å². The second-order valence-corrected chi connectivity index (χ2v) is 7.99. The highest BCUT2D eigenvalue weighted by molar-refractivity contribution is 7.21. The van der Waals surface area contributed by atoms with Crippen molar-refractivity contribution in [3.05, 3.63) is 77.4 Å². The molecule has 0 aliphatic rings. The summed E-state index contributed by atoms with van der Waals surface area (Å²) >= 11 is 1.47. The van der Waals surface area contributed by atoms with Crippen molar-refractivity contribution in [2.45, 2.75) is 20.2 Å². The van der Waals surface area contributed by atoms with Gasteiger partial charge in [-0.05, 0) is 66.9 Å². The number of hydrogen-bond donors (Lipinski definition) is 1. The number of hydrazone groups is 1. The molecule has 1 heterocycles. The molecule has 0 spiro atoms. The van der Waals surface area contributed by atoms with E-state index in [0.717, 1.165) is 43.2 Å². The van der Waals surface area contributed by atoms with E-state index in [9.17, 15) is 13.2 Å². The fourth-order valence-corrected chi connectivity index (χ4v) is 4.06. The summed E-state index contributed by atoms with van der Waals surface area (Å²) < 4.78 is 41.8. The quantitative estimate of drug-likeness (QED) is 0.270. The molecule has 158 valence electrons. The first-order chi connectivity index (χ1) is 14.8. The van der Waals surface area contributed by atoms with Gasteiger partial charge in [0.1, 0.15) is 10.8 Å². The molecule has 3 aromatic carbocycles. The van der Waals surface area contributed by atoms with E-state index in [1.54, 1.807) is 18.3 Å². The van der Waals surface area contributed by atoms with Crippen molar-refractivity contribution < 1.29 is 17.9 Å². The number of aromatic nitrogens is 1. The van der Waals surface area contributed by atoms with Gasteiger partial charge >= 0.3 is 6.36 Å². The van der Waals surface area contributed by atoms with E-state index in [0.29, 0.717) is 0 Å². The Morgan fingerprint density at radius 3 is 2.39 bits per heavy atom. The highest BCUT2D eigenvalue weighted by Gasteiger charge is 2.31. The third-order valence-corrected chi connectivity index (χ3v) is 5.70. The van der Waals surface area contributed by atoms with Crippen molar-refractivity contribution in [1.29, 1.82) is 0 Å². The molecule has 0 radical (unpaired) electrons. The highest BCUT2D eigenvalue weighted by Crippen LogP contribution is 2.32. The van der Waals surface area contributed by atoms with Crippen molar-refractivity contribution >= 4 is 33.5 Å². The van der Waals surface area contributed by atoms with Gasteiger partial charge < -0.3 is 4.74 Å². The third-order valence-electron chi connectivity index (χ3n) is 4.62. The van der Waals surface area contributed by atoms with Crippen molar-refractivity contribution in [1.82, 2.24) is 4.98 Å². The molecule has 0 aliphatic heterocycles. The molecule has 1 aromatic heterocycles. The summed E-state index contributed by atoms with van der Waals surface area (Å²) in [7, 11) is 0. The van der Waals surface area contributed by atoms with E-state index in [1.165, 1.54) is 23.5 Å². The standard InChI is InChI=1S/C23H18F3N3OS/c1-14-4-3-5-15(2)21(14)29-27-13-16-6-11-20-19(12-16)28-22(31-20)17-7-9-18(10-8-17)30-23(24,25)26/h3-13,29H,1-2H3/b27-13+. The minimum atomic E-state index is -4.71. The first-order valence-corrected chi connectivity index (χ1v) is 10.2. The van der Waals surface area contributed by atoms with Crippen LogP contribution in [0.25, 0.3) is 20.8 Å². The van der Waals surface area contributed by atoms with Crippen LogP contribution in [0.1, 0.15) is 16.7 Å². The molecule has 8 heteroatoms. The number of nitrogens with zero attached hydrogens (tertiary/aromatic N) is 2. The molecular formula is C23H18F3N3OS. The number of para-hydroxylation sites is 1. The largest absolute Gasteiger partial charge is 0.573 e. The maximum atomic E-state index is 12.3. The Bertz CT molecular complexity index is 1230. The number of rotatable bonds is 5. The molecule has 31 heavy (non-hydrogen) atoms. The van der Waals surface area contributed by atoms with Crippen LogP contribution >= 0.6 is 11.3 Å². The van der Waals surface area contributed by atoms with E-state index < -0.39 is 6.36 Å². The minimum absolute atomic E-state index is 0.257. The zero-order valence-corrected chi connectivity index (χ0v) is 17.5. The fraction of sp³-hybridized carbons (Fsp3) is 0.130. The lowest BCUT2D eigenvalue weighted by Crippen LogP contribution is -2.16. The number of alkyl halides is 3. The third kappa shape index (κ3) is 5.03. The van der Waals surface area contributed by atoms with Crippen LogP contribution in [0.2, 0.25) is 0 Å². The van der Waals surface area contributed by atoms with E-state index in [1.807, 2.05) is 50.2 Å². The van der Waals surface area contributed by atoms with Crippen LogP contribution in [0.3, 0.4) is 0 Å². The van der Waals surface area contributed by atoms with Gasteiger partial charge in [-0.25, -0.2) is 4.98 Å². The number of benzene rings is 3. The first-order valence-electron chi connectivity index (χ1n) is 9.40. The Kier molecular flexibility index (Phi) is 5.65. The normalized spacial score (nSPS) is 11.9. The Labute approximate surface area is 181 Å². The van der Waals surface area contributed by atoms with Crippen LogP contribution in [-0.4, -0.2) is 17.6 Å². The summed E-state index contributed by atoms with van der Waals surface area (Å²) in [6.07, 6.45) is -2.98. The van der Waals surface area contributed by atoms with E-state index in [-0.39, 0.29) is 5.75 Å². The Morgan fingerprint density at radius 2 is 1.71 bits per heavy atom. The number of fused-ring (bicyclic) bond motifs is 1. The maximum Gasteiger partial charge on any atom is 0.573 e. The van der Waals surface area contributed by atoms with Crippen molar-refractivity contribution in [3.63, 3.8) is 0 Å². The molecule has 4 nitrogen and oxygen atoms in total. The summed E-state index contributed by atoms with van der Waals surface area (Å²) in [4.78, 5) is 4.62. The van der Waals surface area contributed by atoms with Gasteiger partial charge in [-0.15, -0.1) is 24.5 Å². The molecule has 0 fully saturated rings. The van der Waals surface area contributed by atoms with Gasteiger partial charge in [0.25, 0.3) is 0 Å². The van der Waals surface area contributed by atoms with Gasteiger partial charge in [0, 0.05) is 5.56 Å². The molecule has 0 saturated carbocycles. The van der Waals surface area contributed by atoms with Crippen LogP contribution in [0.5, 0.6) is 5.75 Å². The molecule has 0 bridgehead atoms. The second kappa shape index (κ2) is 8.39. The molecule has 1 N–H and O–H groups in total. The predicted octanol–water partition coefficient (Wildman–Crippen LogP) is 6.92. The van der Waals surface area contributed by atoms with Gasteiger partial charge in [0.05, 0.1) is 22.1 Å². The summed E-state index contributed by atoms with van der Waals surface area (Å²) in [5.41, 5.74) is 8.71. The fourth-order valence-electron chi connectivity index (χ4n) is 3.11. The van der Waals surface area contributed by atoms with Crippen molar-refractivity contribution in [2.24, 2.45) is 5.10 Å². The average molecular weight is 441 g/mol. The molecule has 0 atom stereocenters. The zero-order chi connectivity index (χ0) is 22.0. The first kappa shape index (κ1) is 20.9. The lowest BCUT2D eigenvalue weighted by molar-refractivity contribution is -0.274. The molecule has 4 aromatic rings. The van der Waals surface area contributed by atoms with Gasteiger partial charge in [-0.3, -0.25) is 5.43 Å². The van der Waals surface area contributed by atoms with Crippen LogP contribution in [0, 0.1) is 13.8 Å². The van der Waals surface area contributed by atoms with Gasteiger partial charge in [0.15, 0.2) is 0 Å². The maximum absolute atomic E-state index is 12.3. The van der Waals surface area contributed by atoms with E-state index >= 15 is 0 Å². The monoisotopic (exact) mass is 441 g/mol. The summed E-state index contributed by atoms with van der Waals surface area (Å²) in [6, 6.07) is 17.6. The summed E-state index contributed by atoms with van der Waals surface area (Å²) in [5, 5.41) is 5.06. The van der Waals surface area contributed by atoms with Crippen LogP contribution in [0.15, 0.2) is 65.8 Å². The molecule has 0 amide bonds. The summed E-state index contributed by atoms with van der Waals surface area (Å²) in [6.45, 7) is 4.05. The second-order valence-electron chi connectivity index (χ2n) is 6.96. The average Bonchev–Trinajstić information content (AvgIpc) is 3.13. The number of nitrogens with one attached hydrogen (secondary N) is 1. The highest BCUT2D eigenvalue weighted by atomic mass is 32.1. The Balaban J connectivity index is 1.52. The summed E-state index contributed by atoms with van der Waals surface area (Å²) in [5.74, 6) is -0.257. The van der Waals surface area contributed by atoms with E-state index in [2.05, 4.69) is 20.2 Å². The lowest BCUT2D eigenvalue weighted by atomic mass is 10.1. The topological polar surface area (TPSA) is 46.5 Å². The number of thiazole rings is 1. The van der Waals surface area contributed by atoms with Crippen molar-refractivity contribution in [3.8, 4) is 16.3 Å². The molecule has 4 rings (SSSR count). The van der Waals surface area contributed by atoms with Gasteiger partial charge in [-0.2, -0.15) is 5.10 Å². The van der Waals surface area contributed by atoms with Gasteiger partial charge in [0.2, 0.25) is 0 Å². The van der Waals surface area contributed by atoms with Crippen LogP contribution in [-0.2, 0) is 0 Å². The lowest BCUT2D eigenvalue weighted by Gasteiger charge is -2.08. The number of aryl methyl sites for hydroxylation is 2.